The molecule has 0 aliphatic carbocycles. The molecule has 0 aromatic rings. The summed E-state index contributed by atoms with van der Waals surface area (Å²) in [4.78, 5) is 82.1. The molecule has 0 saturated carbocycles. The van der Waals surface area contributed by atoms with Crippen molar-refractivity contribution in [1.29, 1.82) is 0 Å². The number of nitrogens with zero attached hydrogens (tertiary/aromatic N) is 3. The Labute approximate surface area is 262 Å². The van der Waals surface area contributed by atoms with E-state index in [4.69, 9.17) is 17.3 Å². The fourth-order valence-corrected chi connectivity index (χ4v) is 4.92. The first kappa shape index (κ1) is 40.1. The maximum Gasteiger partial charge on any atom is 0.247 e. The number of halogens is 1. The molecule has 0 aliphatic heterocycles. The minimum atomic E-state index is -1.01. The van der Waals surface area contributed by atoms with Gasteiger partial charge < -0.3 is 31.1 Å². The lowest BCUT2D eigenvalue weighted by atomic mass is 9.96. The third kappa shape index (κ3) is 12.3. The van der Waals surface area contributed by atoms with E-state index < -0.39 is 59.7 Å². The molecule has 0 rings (SSSR count). The number of alkyl halides is 1. The third-order valence-electron chi connectivity index (χ3n) is 7.40. The molecule has 0 heterocycles. The Hall–Kier alpha value is -2.89. The Morgan fingerprint density at radius 1 is 0.698 bits per heavy atom. The first-order valence-electron chi connectivity index (χ1n) is 15.1. The molecule has 43 heavy (non-hydrogen) atoms. The summed E-state index contributed by atoms with van der Waals surface area (Å²) >= 11 is 6.13. The van der Waals surface area contributed by atoms with Crippen LogP contribution in [0.25, 0.3) is 0 Å². The van der Waals surface area contributed by atoms with E-state index in [2.05, 4.69) is 10.6 Å². The number of rotatable bonds is 18. The van der Waals surface area contributed by atoms with Crippen LogP contribution in [0.3, 0.4) is 0 Å². The van der Waals surface area contributed by atoms with Crippen LogP contribution >= 0.6 is 11.6 Å². The number of primary amides is 1. The van der Waals surface area contributed by atoms with Gasteiger partial charge in [-0.1, -0.05) is 48.5 Å². The lowest BCUT2D eigenvalue weighted by molar-refractivity contribution is -0.148. The topological polar surface area (TPSA) is 162 Å². The molecule has 0 spiro atoms. The lowest BCUT2D eigenvalue weighted by Crippen LogP contribution is -2.60. The van der Waals surface area contributed by atoms with E-state index in [9.17, 15) is 28.8 Å². The van der Waals surface area contributed by atoms with Gasteiger partial charge >= 0.3 is 0 Å². The van der Waals surface area contributed by atoms with Gasteiger partial charge in [0.05, 0.1) is 5.88 Å². The molecular weight excluding hydrogens is 576 g/mol. The first-order chi connectivity index (χ1) is 19.8. The molecule has 0 radical (unpaired) electrons. The molecule has 5 atom stereocenters. The first-order valence-corrected chi connectivity index (χ1v) is 15.6. The number of nitrogens with two attached hydrogens (primary N) is 1. The number of hydrogen-bond donors (Lipinski definition) is 3. The highest BCUT2D eigenvalue weighted by molar-refractivity contribution is 6.20. The molecule has 0 aliphatic rings. The van der Waals surface area contributed by atoms with Gasteiger partial charge in [0, 0.05) is 27.6 Å². The Balaban J connectivity index is 6.20. The Morgan fingerprint density at radius 2 is 1.14 bits per heavy atom. The second kappa shape index (κ2) is 18.7. The maximum atomic E-state index is 13.8. The van der Waals surface area contributed by atoms with Gasteiger partial charge in [-0.25, -0.2) is 0 Å². The van der Waals surface area contributed by atoms with E-state index in [0.717, 1.165) is 0 Å². The average molecular weight is 631 g/mol. The zero-order valence-corrected chi connectivity index (χ0v) is 28.7. The van der Waals surface area contributed by atoms with E-state index >= 15 is 0 Å². The minimum absolute atomic E-state index is 0.0159. The Morgan fingerprint density at radius 3 is 1.51 bits per heavy atom. The number of nitrogens with one attached hydrogen (secondary N) is 2. The van der Waals surface area contributed by atoms with Crippen molar-refractivity contribution in [3.05, 3.63) is 0 Å². The molecule has 0 aromatic carbocycles. The van der Waals surface area contributed by atoms with E-state index in [0.29, 0.717) is 19.3 Å². The monoisotopic (exact) mass is 630 g/mol. The van der Waals surface area contributed by atoms with Crippen molar-refractivity contribution >= 4 is 47.0 Å². The highest BCUT2D eigenvalue weighted by atomic mass is 35.5. The fourth-order valence-electron chi connectivity index (χ4n) is 4.58. The van der Waals surface area contributed by atoms with Crippen LogP contribution in [0.2, 0.25) is 0 Å². The molecule has 13 heteroatoms. The lowest BCUT2D eigenvalue weighted by Gasteiger charge is -2.36. The number of amides is 6. The van der Waals surface area contributed by atoms with E-state index in [1.165, 1.54) is 42.8 Å². The number of carbonyl (C=O) groups excluding carboxylic acids is 6. The van der Waals surface area contributed by atoms with Crippen molar-refractivity contribution in [3.63, 3.8) is 0 Å². The molecule has 4 N–H and O–H groups in total. The SMILES string of the molecule is CCCC(=O)N(C)C(CCl)C(=O)N(C)[C@@H](CC(C)C)C(=O)N[C@H](C(=O)N(C)[C@@H](CC(C)C)C(=O)N[C@H](C)C(N)=O)C(C)C. The molecule has 1 unspecified atom stereocenters. The normalized spacial score (nSPS) is 14.9. The fraction of sp³-hybridized carbons (Fsp3) is 0.800. The standard InChI is InChI=1S/C30H55ClN6O6/c1-12-13-24(38)35(9)23(16-31)29(42)36(10)22(15-18(4)5)28(41)34-25(19(6)7)30(43)37(11)21(14-17(2)3)27(40)33-20(8)26(32)39/h17-23,25H,12-16H2,1-11H3,(H2,32,39)(H,33,40)(H,34,41)/t20-,21+,22+,23?,25+/m1/s1. The van der Waals surface area contributed by atoms with Gasteiger partial charge in [-0.05, 0) is 43.9 Å². The summed E-state index contributed by atoms with van der Waals surface area (Å²) in [5.74, 6) is -3.41. The van der Waals surface area contributed by atoms with E-state index in [1.807, 2.05) is 34.6 Å². The third-order valence-corrected chi connectivity index (χ3v) is 7.69. The largest absolute Gasteiger partial charge is 0.368 e. The van der Waals surface area contributed by atoms with Crippen LogP contribution in [0.15, 0.2) is 0 Å². The van der Waals surface area contributed by atoms with Crippen LogP contribution in [0.5, 0.6) is 0 Å². The van der Waals surface area contributed by atoms with Crippen LogP contribution in [-0.4, -0.2) is 107 Å². The number of hydrogen-bond acceptors (Lipinski definition) is 6. The number of likely N-dealkylation sites (N-methyl/N-ethyl adjacent to an activating group) is 3. The summed E-state index contributed by atoms with van der Waals surface area (Å²) in [5.41, 5.74) is 5.31. The van der Waals surface area contributed by atoms with Gasteiger partial charge in [-0.3, -0.25) is 28.8 Å². The summed E-state index contributed by atoms with van der Waals surface area (Å²) in [6.45, 7) is 14.5. The van der Waals surface area contributed by atoms with Crippen LogP contribution in [0, 0.1) is 17.8 Å². The molecule has 0 aromatic heterocycles. The van der Waals surface area contributed by atoms with Crippen molar-refractivity contribution in [2.45, 2.75) is 111 Å². The smallest absolute Gasteiger partial charge is 0.247 e. The van der Waals surface area contributed by atoms with Gasteiger partial charge in [0.1, 0.15) is 30.2 Å². The van der Waals surface area contributed by atoms with Gasteiger partial charge in [-0.2, -0.15) is 0 Å². The minimum Gasteiger partial charge on any atom is -0.368 e. The molecule has 12 nitrogen and oxygen atoms in total. The maximum absolute atomic E-state index is 13.8. The molecule has 248 valence electrons. The van der Waals surface area contributed by atoms with Crippen molar-refractivity contribution in [3.8, 4) is 0 Å². The van der Waals surface area contributed by atoms with Gasteiger partial charge in [0.2, 0.25) is 35.4 Å². The summed E-state index contributed by atoms with van der Waals surface area (Å²) in [6, 6.07) is -4.75. The van der Waals surface area contributed by atoms with Crippen LogP contribution in [0.4, 0.5) is 0 Å². The van der Waals surface area contributed by atoms with E-state index in [1.54, 1.807) is 13.8 Å². The summed E-state index contributed by atoms with van der Waals surface area (Å²) in [5, 5.41) is 5.39. The van der Waals surface area contributed by atoms with Crippen molar-refractivity contribution in [2.75, 3.05) is 27.0 Å². The summed E-state index contributed by atoms with van der Waals surface area (Å²) in [6.07, 6.45) is 1.49. The van der Waals surface area contributed by atoms with Crippen molar-refractivity contribution in [1.82, 2.24) is 25.3 Å². The van der Waals surface area contributed by atoms with Crippen molar-refractivity contribution in [2.24, 2.45) is 23.5 Å². The van der Waals surface area contributed by atoms with Crippen LogP contribution in [0.1, 0.15) is 81.1 Å². The zero-order valence-electron chi connectivity index (χ0n) is 27.9. The van der Waals surface area contributed by atoms with Crippen molar-refractivity contribution < 1.29 is 28.8 Å². The second-order valence-electron chi connectivity index (χ2n) is 12.5. The summed E-state index contributed by atoms with van der Waals surface area (Å²) < 4.78 is 0. The molecule has 0 fully saturated rings. The number of carbonyl (C=O) groups is 6. The molecular formula is C30H55ClN6O6. The van der Waals surface area contributed by atoms with E-state index in [-0.39, 0.29) is 36.0 Å². The average Bonchev–Trinajstić information content (AvgIpc) is 2.91. The second-order valence-corrected chi connectivity index (χ2v) is 12.8. The highest BCUT2D eigenvalue weighted by Crippen LogP contribution is 2.18. The van der Waals surface area contributed by atoms with Gasteiger partial charge in [0.15, 0.2) is 0 Å². The molecule has 0 saturated heterocycles. The van der Waals surface area contributed by atoms with Gasteiger partial charge in [-0.15, -0.1) is 11.6 Å². The van der Waals surface area contributed by atoms with Gasteiger partial charge in [0.25, 0.3) is 0 Å². The molecule has 6 amide bonds. The highest BCUT2D eigenvalue weighted by Gasteiger charge is 2.38. The predicted octanol–water partition coefficient (Wildman–Crippen LogP) is 1.73. The predicted molar refractivity (Wildman–Crippen MR) is 168 cm³/mol. The van der Waals surface area contributed by atoms with Crippen LogP contribution < -0.4 is 16.4 Å². The Kier molecular flexibility index (Phi) is 17.4. The Bertz CT molecular complexity index is 975. The zero-order chi connectivity index (χ0) is 33.8. The molecule has 0 bridgehead atoms. The quantitative estimate of drug-likeness (QED) is 0.195. The summed E-state index contributed by atoms with van der Waals surface area (Å²) in [7, 11) is 4.50. The van der Waals surface area contributed by atoms with Crippen LogP contribution in [-0.2, 0) is 28.8 Å².